The first-order valence-corrected chi connectivity index (χ1v) is 10.7. The summed E-state index contributed by atoms with van der Waals surface area (Å²) in [6.07, 6.45) is 3.95. The molecular weight excluding hydrogens is 379 g/mol. The average Bonchev–Trinajstić information content (AvgIpc) is 3.12. The van der Waals surface area contributed by atoms with Gasteiger partial charge in [-0.1, -0.05) is 6.58 Å². The summed E-state index contributed by atoms with van der Waals surface area (Å²) in [7, 11) is -1.55. The van der Waals surface area contributed by atoms with Gasteiger partial charge in [-0.15, -0.1) is 0 Å². The van der Waals surface area contributed by atoms with Crippen molar-refractivity contribution in [2.24, 2.45) is 0 Å². The number of amides is 2. The number of ether oxygens (including phenoxy) is 1. The molecule has 2 rings (SSSR count). The number of hydrogen-bond acceptors (Lipinski definition) is 6. The van der Waals surface area contributed by atoms with Crippen molar-refractivity contribution >= 4 is 14.6 Å². The molecule has 0 aromatic carbocycles. The summed E-state index contributed by atoms with van der Waals surface area (Å²) in [5.74, 6) is 0. The van der Waals surface area contributed by atoms with Crippen molar-refractivity contribution in [2.45, 2.75) is 72.2 Å². The fraction of sp³-hybridized carbons (Fsp3) is 0.684. The summed E-state index contributed by atoms with van der Waals surface area (Å²) in [6, 6.07) is 2.32. The Bertz CT molecular complexity index is 589. The zero-order valence-corrected chi connectivity index (χ0v) is 18.4. The molecule has 0 bridgehead atoms. The van der Waals surface area contributed by atoms with Gasteiger partial charge in [0.1, 0.15) is 6.23 Å². The predicted octanol–water partition coefficient (Wildman–Crippen LogP) is 3.82. The molecular formula is C19H33N4O4P. The van der Waals surface area contributed by atoms with E-state index in [1.54, 1.807) is 11.1 Å². The number of urea groups is 1. The van der Waals surface area contributed by atoms with E-state index in [2.05, 4.69) is 11.9 Å². The van der Waals surface area contributed by atoms with E-state index in [0.29, 0.717) is 18.7 Å². The molecule has 2 atom stereocenters. The van der Waals surface area contributed by atoms with Crippen LogP contribution >= 0.6 is 8.53 Å². The molecule has 2 N–H and O–H groups in total. The number of nitrogens with zero attached hydrogens (tertiary/aromatic N) is 3. The van der Waals surface area contributed by atoms with Gasteiger partial charge in [-0.25, -0.2) is 9.46 Å². The van der Waals surface area contributed by atoms with Crippen molar-refractivity contribution in [2.75, 3.05) is 13.2 Å². The van der Waals surface area contributed by atoms with Gasteiger partial charge in [0.15, 0.2) is 0 Å². The normalized spacial score (nSPS) is 20.6. The summed E-state index contributed by atoms with van der Waals surface area (Å²) in [4.78, 5) is 22.9. The quantitative estimate of drug-likeness (QED) is 0.487. The van der Waals surface area contributed by atoms with E-state index in [1.165, 1.54) is 0 Å². The number of carbonyl (C=O) groups excluding carboxylic acids is 1. The lowest BCUT2D eigenvalue weighted by molar-refractivity contribution is 0.0261. The molecule has 0 spiro atoms. The van der Waals surface area contributed by atoms with Crippen LogP contribution in [0.2, 0.25) is 0 Å². The van der Waals surface area contributed by atoms with Crippen LogP contribution in [0.3, 0.4) is 0 Å². The molecule has 2 amide bonds. The third-order valence-electron chi connectivity index (χ3n) is 4.19. The first-order chi connectivity index (χ1) is 13.2. The molecule has 9 heteroatoms. The molecule has 2 aliphatic heterocycles. The van der Waals surface area contributed by atoms with Gasteiger partial charge in [-0.3, -0.25) is 4.90 Å². The fourth-order valence-electron chi connectivity index (χ4n) is 2.86. The summed E-state index contributed by atoms with van der Waals surface area (Å²) >= 11 is 0. The van der Waals surface area contributed by atoms with Gasteiger partial charge in [0.25, 0.3) is 8.53 Å². The number of allylic oxidation sites excluding steroid dienone is 1. The first-order valence-electron chi connectivity index (χ1n) is 9.54. The minimum atomic E-state index is -1.55. The maximum Gasteiger partial charge on any atom is 0.327 e. The fourth-order valence-corrected chi connectivity index (χ4v) is 4.04. The number of hydrogen-bond donors (Lipinski definition) is 2. The van der Waals surface area contributed by atoms with E-state index >= 15 is 0 Å². The highest BCUT2D eigenvalue weighted by atomic mass is 31.2. The van der Waals surface area contributed by atoms with E-state index in [4.69, 9.17) is 14.5 Å². The van der Waals surface area contributed by atoms with Gasteiger partial charge in [0.2, 0.25) is 0 Å². The van der Waals surface area contributed by atoms with Crippen LogP contribution < -0.4 is 5.32 Å². The summed E-state index contributed by atoms with van der Waals surface area (Å²) in [6.45, 7) is 14.8. The van der Waals surface area contributed by atoms with E-state index in [0.717, 1.165) is 25.0 Å². The molecule has 2 unspecified atom stereocenters. The summed E-state index contributed by atoms with van der Waals surface area (Å²) in [5.41, 5.74) is 1.64. The van der Waals surface area contributed by atoms with Crippen LogP contribution in [0.25, 0.3) is 0 Å². The van der Waals surface area contributed by atoms with Crippen LogP contribution in [0.5, 0.6) is 0 Å². The van der Waals surface area contributed by atoms with E-state index < -0.39 is 8.53 Å². The van der Waals surface area contributed by atoms with Crippen LogP contribution in [0.1, 0.15) is 53.9 Å². The van der Waals surface area contributed by atoms with Gasteiger partial charge in [-0.05, 0) is 53.0 Å². The van der Waals surface area contributed by atoms with Crippen LogP contribution in [0.15, 0.2) is 24.0 Å². The van der Waals surface area contributed by atoms with Crippen molar-refractivity contribution in [3.63, 3.8) is 0 Å². The number of nitriles is 1. The van der Waals surface area contributed by atoms with E-state index in [1.807, 2.05) is 45.4 Å². The monoisotopic (exact) mass is 412 g/mol. The molecule has 28 heavy (non-hydrogen) atoms. The average molecular weight is 412 g/mol. The van der Waals surface area contributed by atoms with Crippen molar-refractivity contribution in [3.05, 3.63) is 24.0 Å². The van der Waals surface area contributed by atoms with Crippen molar-refractivity contribution in [3.8, 4) is 6.07 Å². The minimum Gasteiger partial charge on any atom is -0.358 e. The third-order valence-corrected chi connectivity index (χ3v) is 5.93. The smallest absolute Gasteiger partial charge is 0.327 e. The highest BCUT2D eigenvalue weighted by Gasteiger charge is 2.29. The Morgan fingerprint density at radius 2 is 2.14 bits per heavy atom. The molecule has 1 fully saturated rings. The zero-order chi connectivity index (χ0) is 21.3. The van der Waals surface area contributed by atoms with Gasteiger partial charge < -0.3 is 19.5 Å². The molecule has 2 heterocycles. The maximum atomic E-state index is 11.6. The van der Waals surface area contributed by atoms with Gasteiger partial charge in [0.05, 0.1) is 19.1 Å². The Kier molecular flexibility index (Phi) is 10.7. The molecule has 0 aromatic heterocycles. The molecule has 0 saturated carbocycles. The van der Waals surface area contributed by atoms with Gasteiger partial charge in [-0.2, -0.15) is 5.26 Å². The standard InChI is InChI=1S/C10H14N2O2.C9H19N2O2P/c1-7-6-12(9-4-3-5-14-9)10(13)11-8(7)2;1-8(2)11(9(3)4)14(12)13-7-5-6-10/h6,9H,2-5H2,1H3,(H,11,13);8-9,12H,5,7H2,1-4H3. The molecule has 0 radical (unpaired) electrons. The van der Waals surface area contributed by atoms with Gasteiger partial charge >= 0.3 is 6.03 Å². The van der Waals surface area contributed by atoms with Crippen LogP contribution in [-0.2, 0) is 9.26 Å². The molecule has 158 valence electrons. The lowest BCUT2D eigenvalue weighted by Crippen LogP contribution is -2.45. The van der Waals surface area contributed by atoms with Crippen molar-refractivity contribution in [1.82, 2.24) is 14.9 Å². The second-order valence-electron chi connectivity index (χ2n) is 7.16. The molecule has 0 aliphatic carbocycles. The lowest BCUT2D eigenvalue weighted by Gasteiger charge is -2.32. The maximum absolute atomic E-state index is 11.6. The Labute approximate surface area is 169 Å². The van der Waals surface area contributed by atoms with Crippen molar-refractivity contribution < 1.29 is 18.9 Å². The Morgan fingerprint density at radius 1 is 1.50 bits per heavy atom. The second kappa shape index (κ2) is 12.2. The third kappa shape index (κ3) is 7.50. The Balaban J connectivity index is 0.000000280. The minimum absolute atomic E-state index is 0.0990. The summed E-state index contributed by atoms with van der Waals surface area (Å²) < 4.78 is 12.5. The predicted molar refractivity (Wildman–Crippen MR) is 110 cm³/mol. The summed E-state index contributed by atoms with van der Waals surface area (Å²) in [5, 5.41) is 11.0. The molecule has 1 saturated heterocycles. The Morgan fingerprint density at radius 3 is 2.64 bits per heavy atom. The van der Waals surface area contributed by atoms with Crippen molar-refractivity contribution in [1.29, 1.82) is 5.26 Å². The van der Waals surface area contributed by atoms with E-state index in [-0.39, 0.29) is 24.3 Å². The van der Waals surface area contributed by atoms with Crippen LogP contribution in [0, 0.1) is 11.3 Å². The molecule has 8 nitrogen and oxygen atoms in total. The zero-order valence-electron chi connectivity index (χ0n) is 17.5. The number of nitrogens with one attached hydrogen (secondary N) is 1. The Hall–Kier alpha value is -1.49. The topological polar surface area (TPSA) is 98.1 Å². The highest BCUT2D eigenvalue weighted by molar-refractivity contribution is 7.43. The van der Waals surface area contributed by atoms with E-state index in [9.17, 15) is 9.69 Å². The molecule has 0 aromatic rings. The molecule has 2 aliphatic rings. The van der Waals surface area contributed by atoms with Gasteiger partial charge in [0, 0.05) is 30.6 Å². The highest BCUT2D eigenvalue weighted by Crippen LogP contribution is 2.40. The number of rotatable bonds is 7. The second-order valence-corrected chi connectivity index (χ2v) is 8.38. The first kappa shape index (κ1) is 24.5. The SMILES string of the molecule is C=C1NC(=O)N(C2CCCO2)C=C1C.CC(C)N(C(C)C)P(O)OCCC#N. The lowest BCUT2D eigenvalue weighted by atomic mass is 10.2. The van der Waals surface area contributed by atoms with Crippen LogP contribution in [-0.4, -0.2) is 52.0 Å². The largest absolute Gasteiger partial charge is 0.358 e. The van der Waals surface area contributed by atoms with Crippen LogP contribution in [0.4, 0.5) is 4.79 Å². The number of carbonyl (C=O) groups is 1.